The summed E-state index contributed by atoms with van der Waals surface area (Å²) in [5.74, 6) is 1.12. The highest BCUT2D eigenvalue weighted by molar-refractivity contribution is 9.10. The second kappa shape index (κ2) is 4.79. The van der Waals surface area contributed by atoms with E-state index in [0.29, 0.717) is 0 Å². The Kier molecular flexibility index (Phi) is 3.41. The Morgan fingerprint density at radius 3 is 2.93 bits per heavy atom. The third kappa shape index (κ3) is 2.81. The molecule has 2 nitrogen and oxygen atoms in total. The lowest BCUT2D eigenvalue weighted by atomic mass is 10.1. The van der Waals surface area contributed by atoms with Gasteiger partial charge >= 0.3 is 0 Å². The third-order valence-corrected chi connectivity index (χ3v) is 3.22. The van der Waals surface area contributed by atoms with Gasteiger partial charge < -0.3 is 5.32 Å². The second-order valence-corrected chi connectivity index (χ2v) is 4.75. The van der Waals surface area contributed by atoms with E-state index in [2.05, 4.69) is 51.4 Å². The van der Waals surface area contributed by atoms with Crippen LogP contribution < -0.4 is 5.32 Å². The smallest absolute Gasteiger partial charge is 0.101 e. The zero-order valence-electron chi connectivity index (χ0n) is 8.89. The molecule has 3 heteroatoms. The predicted octanol–water partition coefficient (Wildman–Crippen LogP) is 3.75. The zero-order valence-corrected chi connectivity index (χ0v) is 10.5. The van der Waals surface area contributed by atoms with E-state index in [1.54, 1.807) is 0 Å². The van der Waals surface area contributed by atoms with E-state index in [9.17, 15) is 0 Å². The molecule has 0 fully saturated rings. The minimum Gasteiger partial charge on any atom is -0.343 e. The molecule has 1 N–H and O–H groups in total. The normalized spacial score (nSPS) is 16.0. The molecule has 0 unspecified atom stereocenters. The Morgan fingerprint density at radius 2 is 2.20 bits per heavy atom. The summed E-state index contributed by atoms with van der Waals surface area (Å²) < 4.78 is 1.10. The minimum atomic E-state index is 0.964. The first-order valence-electron chi connectivity index (χ1n) is 5.32. The largest absolute Gasteiger partial charge is 0.343 e. The number of aryl methyl sites for hydroxylation is 1. The number of anilines is 1. The van der Waals surface area contributed by atoms with Gasteiger partial charge in [-0.25, -0.2) is 0 Å². The molecule has 1 aliphatic rings. The molecule has 80 valence electrons. The number of amidine groups is 1. The SMILES string of the molecule is Cc1ccc(Br)c(NC2=NCCCC2)c1. The number of hydrogen-bond donors (Lipinski definition) is 1. The molecule has 0 aliphatic carbocycles. The van der Waals surface area contributed by atoms with Crippen LogP contribution in [0, 0.1) is 6.92 Å². The summed E-state index contributed by atoms with van der Waals surface area (Å²) in [6.45, 7) is 3.06. The molecular formula is C12H15BrN2. The molecule has 1 heterocycles. The van der Waals surface area contributed by atoms with Crippen LogP contribution in [-0.2, 0) is 0 Å². The molecule has 1 aromatic rings. The van der Waals surface area contributed by atoms with Crippen LogP contribution in [0.25, 0.3) is 0 Å². The average Bonchev–Trinajstić information content (AvgIpc) is 2.25. The molecular weight excluding hydrogens is 252 g/mol. The van der Waals surface area contributed by atoms with E-state index in [-0.39, 0.29) is 0 Å². The molecule has 1 aromatic carbocycles. The van der Waals surface area contributed by atoms with Crippen LogP contribution in [-0.4, -0.2) is 12.4 Å². The highest BCUT2D eigenvalue weighted by Gasteiger charge is 2.07. The summed E-state index contributed by atoms with van der Waals surface area (Å²) in [7, 11) is 0. The van der Waals surface area contributed by atoms with Crippen LogP contribution in [0.15, 0.2) is 27.7 Å². The van der Waals surface area contributed by atoms with Gasteiger partial charge in [-0.1, -0.05) is 6.07 Å². The van der Waals surface area contributed by atoms with Gasteiger partial charge in [-0.05, 0) is 53.4 Å². The first-order chi connectivity index (χ1) is 7.25. The van der Waals surface area contributed by atoms with Gasteiger partial charge in [-0.2, -0.15) is 0 Å². The standard InChI is InChI=1S/C12H15BrN2/c1-9-5-6-10(13)11(8-9)15-12-4-2-3-7-14-12/h5-6,8H,2-4,7H2,1H3,(H,14,15). The van der Waals surface area contributed by atoms with Crippen molar-refractivity contribution in [3.63, 3.8) is 0 Å². The maximum absolute atomic E-state index is 4.48. The molecule has 0 saturated heterocycles. The zero-order chi connectivity index (χ0) is 10.7. The van der Waals surface area contributed by atoms with E-state index in [4.69, 9.17) is 0 Å². The van der Waals surface area contributed by atoms with Gasteiger partial charge in [0.1, 0.15) is 5.84 Å². The van der Waals surface area contributed by atoms with Crippen LogP contribution >= 0.6 is 15.9 Å². The fourth-order valence-electron chi connectivity index (χ4n) is 1.69. The van der Waals surface area contributed by atoms with Crippen LogP contribution in [0.1, 0.15) is 24.8 Å². The van der Waals surface area contributed by atoms with Gasteiger partial charge in [0.05, 0.1) is 5.69 Å². The Morgan fingerprint density at radius 1 is 1.33 bits per heavy atom. The number of nitrogens with one attached hydrogen (secondary N) is 1. The fraction of sp³-hybridized carbons (Fsp3) is 0.417. The van der Waals surface area contributed by atoms with E-state index in [1.807, 2.05) is 0 Å². The maximum Gasteiger partial charge on any atom is 0.101 e. The van der Waals surface area contributed by atoms with Gasteiger partial charge in [0.15, 0.2) is 0 Å². The molecule has 0 saturated carbocycles. The first kappa shape index (κ1) is 10.7. The molecule has 1 aliphatic heterocycles. The highest BCUT2D eigenvalue weighted by Crippen LogP contribution is 2.24. The number of halogens is 1. The van der Waals surface area contributed by atoms with Crippen LogP contribution in [0.2, 0.25) is 0 Å². The van der Waals surface area contributed by atoms with Crippen molar-refractivity contribution in [1.29, 1.82) is 0 Å². The van der Waals surface area contributed by atoms with Gasteiger partial charge in [0.25, 0.3) is 0 Å². The predicted molar refractivity (Wildman–Crippen MR) is 68.7 cm³/mol. The topological polar surface area (TPSA) is 24.4 Å². The lowest BCUT2D eigenvalue weighted by Crippen LogP contribution is -2.16. The van der Waals surface area contributed by atoms with Crippen LogP contribution in [0.3, 0.4) is 0 Å². The second-order valence-electron chi connectivity index (χ2n) is 3.89. The molecule has 0 radical (unpaired) electrons. The first-order valence-corrected chi connectivity index (χ1v) is 6.11. The maximum atomic E-state index is 4.48. The van der Waals surface area contributed by atoms with Crippen LogP contribution in [0.5, 0.6) is 0 Å². The molecule has 15 heavy (non-hydrogen) atoms. The number of aliphatic imine (C=N–C) groups is 1. The number of nitrogens with zero attached hydrogens (tertiary/aromatic N) is 1. The van der Waals surface area contributed by atoms with Crippen molar-refractivity contribution in [2.75, 3.05) is 11.9 Å². The Bertz CT molecular complexity index is 385. The van der Waals surface area contributed by atoms with E-state index in [1.165, 1.54) is 18.4 Å². The summed E-state index contributed by atoms with van der Waals surface area (Å²) in [4.78, 5) is 4.48. The van der Waals surface area contributed by atoms with Crippen molar-refractivity contribution < 1.29 is 0 Å². The quantitative estimate of drug-likeness (QED) is 0.823. The Labute approximate surface area is 98.9 Å². The van der Waals surface area contributed by atoms with Crippen molar-refractivity contribution >= 4 is 27.5 Å². The number of benzene rings is 1. The van der Waals surface area contributed by atoms with Gasteiger partial charge in [0.2, 0.25) is 0 Å². The molecule has 0 bridgehead atoms. The molecule has 0 aromatic heterocycles. The van der Waals surface area contributed by atoms with Crippen molar-refractivity contribution in [2.24, 2.45) is 4.99 Å². The molecule has 0 amide bonds. The highest BCUT2D eigenvalue weighted by atomic mass is 79.9. The average molecular weight is 267 g/mol. The lowest BCUT2D eigenvalue weighted by Gasteiger charge is -2.15. The summed E-state index contributed by atoms with van der Waals surface area (Å²) in [5.41, 5.74) is 2.38. The van der Waals surface area contributed by atoms with Crippen LogP contribution in [0.4, 0.5) is 5.69 Å². The summed E-state index contributed by atoms with van der Waals surface area (Å²) in [5, 5.41) is 3.39. The van der Waals surface area contributed by atoms with Gasteiger partial charge in [-0.3, -0.25) is 4.99 Å². The minimum absolute atomic E-state index is 0.964. The third-order valence-electron chi connectivity index (χ3n) is 2.53. The summed E-state index contributed by atoms with van der Waals surface area (Å²) in [6, 6.07) is 6.31. The van der Waals surface area contributed by atoms with Gasteiger partial charge in [0, 0.05) is 17.4 Å². The summed E-state index contributed by atoms with van der Waals surface area (Å²) in [6.07, 6.45) is 3.54. The van der Waals surface area contributed by atoms with Gasteiger partial charge in [-0.15, -0.1) is 0 Å². The van der Waals surface area contributed by atoms with E-state index >= 15 is 0 Å². The van der Waals surface area contributed by atoms with E-state index < -0.39 is 0 Å². The molecule has 2 rings (SSSR count). The number of hydrogen-bond acceptors (Lipinski definition) is 2. The molecule has 0 spiro atoms. The monoisotopic (exact) mass is 266 g/mol. The van der Waals surface area contributed by atoms with Crippen molar-refractivity contribution in [3.05, 3.63) is 28.2 Å². The van der Waals surface area contributed by atoms with Crippen molar-refractivity contribution in [3.8, 4) is 0 Å². The Balaban J connectivity index is 2.15. The van der Waals surface area contributed by atoms with Crippen molar-refractivity contribution in [2.45, 2.75) is 26.2 Å². The van der Waals surface area contributed by atoms with E-state index in [0.717, 1.165) is 29.0 Å². The van der Waals surface area contributed by atoms with Crippen molar-refractivity contribution in [1.82, 2.24) is 0 Å². The number of rotatable bonds is 1. The fourth-order valence-corrected chi connectivity index (χ4v) is 2.04. The summed E-state index contributed by atoms with van der Waals surface area (Å²) >= 11 is 3.54. The molecule has 0 atom stereocenters. The Hall–Kier alpha value is -0.830. The lowest BCUT2D eigenvalue weighted by molar-refractivity contribution is 0.737.